The second-order valence-electron chi connectivity index (χ2n) is 12.4. The summed E-state index contributed by atoms with van der Waals surface area (Å²) in [5.41, 5.74) is 4.28. The van der Waals surface area contributed by atoms with Crippen LogP contribution in [-0.2, 0) is 19.1 Å². The van der Waals surface area contributed by atoms with E-state index in [0.29, 0.717) is 13.1 Å². The van der Waals surface area contributed by atoms with Crippen LogP contribution < -0.4 is 10.6 Å². The Morgan fingerprint density at radius 3 is 1.38 bits per heavy atom. The predicted octanol–water partition coefficient (Wildman–Crippen LogP) is 6.42. The van der Waals surface area contributed by atoms with Crippen molar-refractivity contribution in [3.8, 4) is 32.0 Å². The zero-order valence-corrected chi connectivity index (χ0v) is 30.0. The molecule has 2 saturated heterocycles. The topological polar surface area (TPSA) is 143 Å². The first-order valence-corrected chi connectivity index (χ1v) is 18.2. The maximum absolute atomic E-state index is 13.1. The first-order valence-electron chi connectivity index (χ1n) is 16.6. The molecule has 50 heavy (non-hydrogen) atoms. The minimum atomic E-state index is -0.684. The molecule has 262 valence electrons. The van der Waals surface area contributed by atoms with Gasteiger partial charge in [0.1, 0.15) is 22.1 Å². The van der Waals surface area contributed by atoms with Gasteiger partial charge in [0, 0.05) is 25.5 Å². The molecule has 0 unspecified atom stereocenters. The van der Waals surface area contributed by atoms with Gasteiger partial charge >= 0.3 is 12.2 Å². The smallest absolute Gasteiger partial charge is 0.407 e. The molecule has 0 spiro atoms. The highest BCUT2D eigenvalue weighted by Gasteiger charge is 2.36. The van der Waals surface area contributed by atoms with Crippen molar-refractivity contribution < 1.29 is 28.7 Å². The fourth-order valence-corrected chi connectivity index (χ4v) is 8.61. The molecule has 2 aliphatic heterocycles. The lowest BCUT2D eigenvalue weighted by Gasteiger charge is -2.26. The van der Waals surface area contributed by atoms with Crippen LogP contribution in [0.3, 0.4) is 0 Å². The highest BCUT2D eigenvalue weighted by Crippen LogP contribution is 2.40. The number of hydrogen-bond donors (Lipinski definition) is 2. The van der Waals surface area contributed by atoms with E-state index < -0.39 is 24.3 Å². The van der Waals surface area contributed by atoms with Crippen molar-refractivity contribution in [2.24, 2.45) is 0 Å². The number of benzene rings is 2. The van der Waals surface area contributed by atoms with Gasteiger partial charge in [-0.05, 0) is 61.8 Å². The van der Waals surface area contributed by atoms with E-state index in [1.54, 1.807) is 46.3 Å². The van der Waals surface area contributed by atoms with Crippen LogP contribution in [0.15, 0.2) is 60.9 Å². The number of aromatic nitrogens is 2. The molecule has 2 N–H and O–H groups in total. The number of ether oxygens (including phenoxy) is 2. The largest absolute Gasteiger partial charge is 0.453 e. The lowest BCUT2D eigenvalue weighted by atomic mass is 10.0. The SMILES string of the molecule is COC(=O)N[C@@H](C)C(=O)N1CCC[C@H]1c1ncc(-c2ccc(-c3ccc(-c4cnc([C@@H]5CCCN5C(=O)[C@@H](C)NC(=O)OC)s4)cc3)cc2)s1. The lowest BCUT2D eigenvalue weighted by Crippen LogP contribution is -2.46. The van der Waals surface area contributed by atoms with Crippen LogP contribution in [0.4, 0.5) is 9.59 Å². The molecular weight excluding hydrogens is 677 g/mol. The summed E-state index contributed by atoms with van der Waals surface area (Å²) in [6.45, 7) is 4.58. The van der Waals surface area contributed by atoms with Crippen LogP contribution in [0.25, 0.3) is 32.0 Å². The number of rotatable bonds is 9. The summed E-state index contributed by atoms with van der Waals surface area (Å²) in [5.74, 6) is -0.288. The minimum Gasteiger partial charge on any atom is -0.453 e. The lowest BCUT2D eigenvalue weighted by molar-refractivity contribution is -0.134. The summed E-state index contributed by atoms with van der Waals surface area (Å²) in [6, 6.07) is 15.2. The van der Waals surface area contributed by atoms with Crippen molar-refractivity contribution in [3.05, 3.63) is 70.9 Å². The van der Waals surface area contributed by atoms with Crippen molar-refractivity contribution in [3.63, 3.8) is 0 Å². The van der Waals surface area contributed by atoms with Crippen LogP contribution in [0, 0.1) is 0 Å². The Labute approximate surface area is 298 Å². The zero-order valence-electron chi connectivity index (χ0n) is 28.4. The van der Waals surface area contributed by atoms with Crippen molar-refractivity contribution in [1.29, 1.82) is 0 Å². The second kappa shape index (κ2) is 15.4. The molecule has 0 aliphatic carbocycles. The molecule has 14 heteroatoms. The molecule has 4 aromatic rings. The number of nitrogens with one attached hydrogen (secondary N) is 2. The first kappa shape index (κ1) is 35.0. The van der Waals surface area contributed by atoms with Gasteiger partial charge in [-0.25, -0.2) is 19.6 Å². The number of methoxy groups -OCH3 is 2. The van der Waals surface area contributed by atoms with Gasteiger partial charge in [-0.3, -0.25) is 9.59 Å². The van der Waals surface area contributed by atoms with Gasteiger partial charge in [0.15, 0.2) is 0 Å². The number of amides is 4. The fourth-order valence-electron chi connectivity index (χ4n) is 6.47. The molecule has 2 aromatic carbocycles. The normalized spacial score (nSPS) is 18.4. The first-order chi connectivity index (χ1) is 24.2. The Kier molecular flexibility index (Phi) is 10.8. The van der Waals surface area contributed by atoms with Gasteiger partial charge in [-0.2, -0.15) is 0 Å². The van der Waals surface area contributed by atoms with Gasteiger partial charge in [-0.1, -0.05) is 48.5 Å². The Morgan fingerprint density at radius 2 is 1.02 bits per heavy atom. The van der Waals surface area contributed by atoms with Gasteiger partial charge in [-0.15, -0.1) is 22.7 Å². The van der Waals surface area contributed by atoms with Gasteiger partial charge < -0.3 is 29.9 Å². The summed E-state index contributed by atoms with van der Waals surface area (Å²) in [7, 11) is 2.55. The number of carbonyl (C=O) groups is 4. The average Bonchev–Trinajstić information content (AvgIpc) is 3.97. The third-order valence-corrected chi connectivity index (χ3v) is 11.4. The molecule has 4 atom stereocenters. The molecule has 2 aromatic heterocycles. The maximum atomic E-state index is 13.1. The van der Waals surface area contributed by atoms with Crippen LogP contribution >= 0.6 is 22.7 Å². The van der Waals surface area contributed by atoms with Crippen molar-refractivity contribution in [1.82, 2.24) is 30.4 Å². The van der Waals surface area contributed by atoms with E-state index in [1.165, 1.54) is 14.2 Å². The molecule has 2 fully saturated rings. The minimum absolute atomic E-state index is 0.116. The maximum Gasteiger partial charge on any atom is 0.407 e. The Balaban J connectivity index is 1.09. The number of carbonyl (C=O) groups excluding carboxylic acids is 4. The van der Waals surface area contributed by atoms with Crippen LogP contribution in [-0.4, -0.2) is 83.2 Å². The summed E-state index contributed by atoms with van der Waals surface area (Å²) >= 11 is 3.18. The van der Waals surface area contributed by atoms with E-state index >= 15 is 0 Å². The molecule has 2 aliphatic rings. The van der Waals surface area contributed by atoms with E-state index in [1.807, 2.05) is 12.4 Å². The number of thiazole rings is 2. The molecule has 12 nitrogen and oxygen atoms in total. The quantitative estimate of drug-likeness (QED) is 0.202. The fraction of sp³-hybridized carbons (Fsp3) is 0.389. The summed E-state index contributed by atoms with van der Waals surface area (Å²) in [4.78, 5) is 64.4. The standard InChI is InChI=1S/C36H40N6O6S2/c1-21(39-35(45)47-3)33(43)41-17-5-7-27(41)31-37-19-29(49-31)25-13-9-23(10-14-25)24-11-15-26(16-12-24)30-20-38-32(50-30)28-8-6-18-42(28)34(44)22(2)40-36(46)48-4/h9-16,19-22,27-28H,5-8,17-18H2,1-4H3,(H,39,45)(H,40,46)/t21-,22+,27-,28-/m0/s1. The molecule has 0 bridgehead atoms. The molecule has 0 radical (unpaired) electrons. The van der Waals surface area contributed by atoms with Crippen molar-refractivity contribution >= 4 is 46.7 Å². The molecule has 0 saturated carbocycles. The third kappa shape index (κ3) is 7.50. The summed E-state index contributed by atoms with van der Waals surface area (Å²) < 4.78 is 9.29. The molecular formula is C36H40N6O6S2. The Hall–Kier alpha value is -4.82. The second-order valence-corrected chi connectivity index (χ2v) is 14.5. The van der Waals surface area contributed by atoms with Crippen LogP contribution in [0.1, 0.15) is 61.6 Å². The Bertz CT molecular complexity index is 1710. The number of nitrogens with zero attached hydrogens (tertiary/aromatic N) is 4. The van der Waals surface area contributed by atoms with Crippen molar-refractivity contribution in [2.45, 2.75) is 63.7 Å². The number of alkyl carbamates (subject to hydrolysis) is 2. The molecule has 6 rings (SSSR count). The van der Waals surface area contributed by atoms with E-state index in [4.69, 9.17) is 9.97 Å². The van der Waals surface area contributed by atoms with Gasteiger partial charge in [0.2, 0.25) is 11.8 Å². The number of likely N-dealkylation sites (tertiary alicyclic amines) is 2. The monoisotopic (exact) mass is 716 g/mol. The van der Waals surface area contributed by atoms with Gasteiger partial charge in [0.05, 0.1) is 36.1 Å². The van der Waals surface area contributed by atoms with Crippen LogP contribution in [0.2, 0.25) is 0 Å². The molecule has 4 amide bonds. The predicted molar refractivity (Wildman–Crippen MR) is 191 cm³/mol. The highest BCUT2D eigenvalue weighted by molar-refractivity contribution is 7.15. The van der Waals surface area contributed by atoms with E-state index in [-0.39, 0.29) is 23.9 Å². The van der Waals surface area contributed by atoms with E-state index in [0.717, 1.165) is 67.7 Å². The van der Waals surface area contributed by atoms with E-state index in [2.05, 4.69) is 68.6 Å². The zero-order chi connectivity index (χ0) is 35.4. The highest BCUT2D eigenvalue weighted by atomic mass is 32.1. The Morgan fingerprint density at radius 1 is 0.660 bits per heavy atom. The summed E-state index contributed by atoms with van der Waals surface area (Å²) in [6.07, 6.45) is 5.89. The van der Waals surface area contributed by atoms with Crippen molar-refractivity contribution in [2.75, 3.05) is 27.3 Å². The average molecular weight is 717 g/mol. The number of hydrogen-bond acceptors (Lipinski definition) is 10. The summed E-state index contributed by atoms with van der Waals surface area (Å²) in [5, 5.41) is 6.91. The molecule has 4 heterocycles. The van der Waals surface area contributed by atoms with E-state index in [9.17, 15) is 19.2 Å². The van der Waals surface area contributed by atoms with Crippen LogP contribution in [0.5, 0.6) is 0 Å². The van der Waals surface area contributed by atoms with Gasteiger partial charge in [0.25, 0.3) is 0 Å². The third-order valence-electron chi connectivity index (χ3n) is 9.14.